The van der Waals surface area contributed by atoms with Gasteiger partial charge in [-0.1, -0.05) is 70.7 Å². The third-order valence-electron chi connectivity index (χ3n) is 5.72. The van der Waals surface area contributed by atoms with E-state index in [0.29, 0.717) is 0 Å². The summed E-state index contributed by atoms with van der Waals surface area (Å²) in [7, 11) is -2.17. The molecule has 12 heteroatoms. The molecular weight excluding hydrogens is 664 g/mol. The molecule has 218 valence electrons. The smallest absolute Gasteiger partial charge is 0.249 e. The maximum Gasteiger partial charge on any atom is 0.409 e. The minimum absolute atomic E-state index is 0.0344. The number of hydrogen-bond acceptors (Lipinski definition) is 1. The van der Waals surface area contributed by atoms with Crippen LogP contribution >= 0.6 is 46.4 Å². The van der Waals surface area contributed by atoms with E-state index < -0.39 is 23.2 Å². The first-order valence-corrected chi connectivity index (χ1v) is 14.4. The fourth-order valence-corrected chi connectivity index (χ4v) is 6.72. The van der Waals surface area contributed by atoms with Crippen molar-refractivity contribution in [2.75, 3.05) is 0 Å². The van der Waals surface area contributed by atoms with Gasteiger partial charge in [-0.05, 0) is 82.9 Å². The Morgan fingerprint density at radius 2 is 0.881 bits per heavy atom. The fraction of sp³-hybridized carbons (Fsp3) is 0.0667. The second-order valence-corrected chi connectivity index (χ2v) is 11.9. The zero-order valence-corrected chi connectivity index (χ0v) is 24.7. The van der Waals surface area contributed by atoms with E-state index in [4.69, 9.17) is 46.4 Å². The molecule has 4 aromatic carbocycles. The van der Waals surface area contributed by atoms with Crippen LogP contribution in [0.25, 0.3) is 34.4 Å². The monoisotopic (exact) mass is 678 g/mol. The quantitative estimate of drug-likeness (QED) is 0.185. The molecule has 0 fully saturated rings. The average molecular weight is 680 g/mol. The lowest BCUT2D eigenvalue weighted by molar-refractivity contribution is -0.0800. The number of rotatable bonds is 6. The van der Waals surface area contributed by atoms with Crippen LogP contribution in [-0.4, -0.2) is 16.6 Å². The first kappa shape index (κ1) is 32.2. The zero-order chi connectivity index (χ0) is 30.8. The molecule has 0 aromatic heterocycles. The Morgan fingerprint density at radius 3 is 1.19 bits per heavy atom. The van der Waals surface area contributed by atoms with Crippen LogP contribution in [0.1, 0.15) is 11.1 Å². The van der Waals surface area contributed by atoms with Gasteiger partial charge in [0.25, 0.3) is 0 Å². The van der Waals surface area contributed by atoms with Crippen molar-refractivity contribution in [3.05, 3.63) is 116 Å². The lowest BCUT2D eigenvalue weighted by Gasteiger charge is -2.18. The standard InChI is InChI=1S/C30H16Cl4F6OS/c31-21-11-19(12-22(32)15-21)27-17(7-9-29(35,36)37)3-1-5-25(27)42(41)26-6-2-4-18(8-10-30(38,39)40)28(26)20-13-23(33)16-24(34)14-20/h1-16H. The molecule has 4 rings (SSSR count). The van der Waals surface area contributed by atoms with E-state index in [-0.39, 0.29) is 75.4 Å². The van der Waals surface area contributed by atoms with Gasteiger partial charge in [-0.3, -0.25) is 0 Å². The van der Waals surface area contributed by atoms with Crippen LogP contribution in [0, 0.1) is 0 Å². The van der Waals surface area contributed by atoms with E-state index in [1.165, 1.54) is 72.8 Å². The first-order chi connectivity index (χ1) is 19.6. The molecule has 0 unspecified atom stereocenters. The predicted octanol–water partition coefficient (Wildman–Crippen LogP) is 12.0. The lowest BCUT2D eigenvalue weighted by Crippen LogP contribution is -2.04. The first-order valence-electron chi connectivity index (χ1n) is 11.7. The maximum absolute atomic E-state index is 14.4. The Balaban J connectivity index is 2.04. The molecule has 0 atom stereocenters. The van der Waals surface area contributed by atoms with E-state index >= 15 is 0 Å². The highest BCUT2D eigenvalue weighted by Gasteiger charge is 2.26. The second kappa shape index (κ2) is 12.9. The highest BCUT2D eigenvalue weighted by atomic mass is 35.5. The third kappa shape index (κ3) is 8.20. The van der Waals surface area contributed by atoms with Gasteiger partial charge in [0.05, 0.1) is 20.6 Å². The summed E-state index contributed by atoms with van der Waals surface area (Å²) in [4.78, 5) is 0.118. The van der Waals surface area contributed by atoms with Gasteiger partial charge in [-0.25, -0.2) is 4.21 Å². The topological polar surface area (TPSA) is 17.1 Å². The molecule has 0 spiro atoms. The van der Waals surface area contributed by atoms with Crippen molar-refractivity contribution >= 4 is 69.4 Å². The van der Waals surface area contributed by atoms with Crippen LogP contribution in [0.3, 0.4) is 0 Å². The molecule has 0 saturated carbocycles. The van der Waals surface area contributed by atoms with Gasteiger partial charge in [0, 0.05) is 43.4 Å². The predicted molar refractivity (Wildman–Crippen MR) is 159 cm³/mol. The number of alkyl halides is 6. The van der Waals surface area contributed by atoms with Gasteiger partial charge in [0.15, 0.2) is 0 Å². The van der Waals surface area contributed by atoms with Crippen LogP contribution in [0.15, 0.2) is 94.7 Å². The summed E-state index contributed by atoms with van der Waals surface area (Å²) in [6, 6.07) is 17.2. The Hall–Kier alpha value is -2.75. The summed E-state index contributed by atoms with van der Waals surface area (Å²) in [6.07, 6.45) is -7.57. The molecule has 4 aromatic rings. The van der Waals surface area contributed by atoms with Crippen LogP contribution in [0.4, 0.5) is 26.3 Å². The fourth-order valence-electron chi connectivity index (χ4n) is 4.18. The number of allylic oxidation sites excluding steroid dienone is 2. The van der Waals surface area contributed by atoms with Gasteiger partial charge >= 0.3 is 12.4 Å². The molecule has 0 aliphatic carbocycles. The van der Waals surface area contributed by atoms with Crippen LogP contribution < -0.4 is 0 Å². The highest BCUT2D eigenvalue weighted by Crippen LogP contribution is 2.41. The van der Waals surface area contributed by atoms with Crippen LogP contribution in [-0.2, 0) is 10.8 Å². The zero-order valence-electron chi connectivity index (χ0n) is 20.8. The lowest BCUT2D eigenvalue weighted by atomic mass is 9.99. The molecule has 0 saturated heterocycles. The number of benzene rings is 4. The molecule has 0 amide bonds. The van der Waals surface area contributed by atoms with Crippen molar-refractivity contribution in [1.29, 1.82) is 0 Å². The third-order valence-corrected chi connectivity index (χ3v) is 8.07. The SMILES string of the molecule is O=S(c1cccc(C=CC(F)(F)F)c1-c1cc(Cl)cc(Cl)c1)c1cccc(C=CC(F)(F)F)c1-c1cc(Cl)cc(Cl)c1. The van der Waals surface area contributed by atoms with Crippen molar-refractivity contribution in [3.8, 4) is 22.3 Å². The molecule has 0 bridgehead atoms. The van der Waals surface area contributed by atoms with Gasteiger partial charge in [-0.15, -0.1) is 0 Å². The van der Waals surface area contributed by atoms with Crippen LogP contribution in [0.5, 0.6) is 0 Å². The normalized spacial score (nSPS) is 13.3. The number of hydrogen-bond donors (Lipinski definition) is 0. The largest absolute Gasteiger partial charge is 0.409 e. The van der Waals surface area contributed by atoms with E-state index in [1.807, 2.05) is 0 Å². The minimum Gasteiger partial charge on any atom is -0.249 e. The minimum atomic E-state index is -4.64. The Labute approximate surface area is 259 Å². The Bertz CT molecular complexity index is 1560. The summed E-state index contributed by atoms with van der Waals surface area (Å²) < 4.78 is 93.2. The van der Waals surface area contributed by atoms with Crippen molar-refractivity contribution in [1.82, 2.24) is 0 Å². The summed E-state index contributed by atoms with van der Waals surface area (Å²) >= 11 is 24.8. The van der Waals surface area contributed by atoms with Gasteiger partial charge in [0.2, 0.25) is 0 Å². The van der Waals surface area contributed by atoms with Crippen molar-refractivity contribution in [2.45, 2.75) is 22.1 Å². The van der Waals surface area contributed by atoms with Crippen molar-refractivity contribution < 1.29 is 30.6 Å². The molecule has 0 aliphatic heterocycles. The molecule has 0 heterocycles. The van der Waals surface area contributed by atoms with Gasteiger partial charge in [-0.2, -0.15) is 26.3 Å². The Morgan fingerprint density at radius 1 is 0.548 bits per heavy atom. The van der Waals surface area contributed by atoms with E-state index in [9.17, 15) is 30.6 Å². The Kier molecular flexibility index (Phi) is 9.85. The van der Waals surface area contributed by atoms with Gasteiger partial charge in [0.1, 0.15) is 0 Å². The van der Waals surface area contributed by atoms with Crippen LogP contribution in [0.2, 0.25) is 20.1 Å². The van der Waals surface area contributed by atoms with E-state index in [0.717, 1.165) is 12.2 Å². The van der Waals surface area contributed by atoms with Crippen molar-refractivity contribution in [3.63, 3.8) is 0 Å². The van der Waals surface area contributed by atoms with E-state index in [2.05, 4.69) is 0 Å². The average Bonchev–Trinajstić information content (AvgIpc) is 2.88. The summed E-state index contributed by atoms with van der Waals surface area (Å²) in [6.45, 7) is 0. The molecule has 1 nitrogen and oxygen atoms in total. The van der Waals surface area contributed by atoms with E-state index in [1.54, 1.807) is 0 Å². The molecule has 42 heavy (non-hydrogen) atoms. The molecule has 0 radical (unpaired) electrons. The second-order valence-electron chi connectivity index (χ2n) is 8.78. The number of halogens is 10. The highest BCUT2D eigenvalue weighted by molar-refractivity contribution is 7.85. The van der Waals surface area contributed by atoms with Gasteiger partial charge < -0.3 is 0 Å². The molecule has 0 N–H and O–H groups in total. The summed E-state index contributed by atoms with van der Waals surface area (Å²) in [5.74, 6) is 0. The summed E-state index contributed by atoms with van der Waals surface area (Å²) in [5.41, 5.74) is 0.922. The van der Waals surface area contributed by atoms with Crippen molar-refractivity contribution in [2.24, 2.45) is 0 Å². The summed E-state index contributed by atoms with van der Waals surface area (Å²) in [5, 5.41) is 0.713. The molecular formula is C30H16Cl4F6OS. The maximum atomic E-state index is 14.4. The molecule has 0 aliphatic rings.